The summed E-state index contributed by atoms with van der Waals surface area (Å²) in [5.41, 5.74) is -1.69. The van der Waals surface area contributed by atoms with Crippen LogP contribution in [0.1, 0.15) is 96.3 Å². The van der Waals surface area contributed by atoms with Gasteiger partial charge in [0, 0.05) is 13.3 Å². The van der Waals surface area contributed by atoms with Gasteiger partial charge in [-0.1, -0.05) is 12.1 Å². The average molecular weight is 554 g/mol. The number of hydrogen-bond donors (Lipinski definition) is 0. The molecule has 12 heteroatoms. The molecule has 0 spiro atoms. The van der Waals surface area contributed by atoms with Gasteiger partial charge in [-0.15, -0.1) is 10.1 Å². The number of esters is 4. The first-order valence-corrected chi connectivity index (χ1v) is 12.9. The van der Waals surface area contributed by atoms with E-state index in [1.165, 1.54) is 19.1 Å². The number of carbonyl (C=O) groups excluding carboxylic acids is 4. The van der Waals surface area contributed by atoms with Crippen molar-refractivity contribution in [2.24, 2.45) is 0 Å². The zero-order valence-corrected chi connectivity index (χ0v) is 23.3. The van der Waals surface area contributed by atoms with Gasteiger partial charge in [0.2, 0.25) is 0 Å². The highest BCUT2D eigenvalue weighted by Gasteiger charge is 2.30. The van der Waals surface area contributed by atoms with Gasteiger partial charge in [0.25, 0.3) is 5.09 Å². The first-order valence-electron chi connectivity index (χ1n) is 12.9. The van der Waals surface area contributed by atoms with E-state index in [0.717, 1.165) is 0 Å². The summed E-state index contributed by atoms with van der Waals surface area (Å²) in [6.45, 7) is 8.10. The molecular weight excluding hydrogens is 514 g/mol. The van der Waals surface area contributed by atoms with E-state index >= 15 is 0 Å². The fourth-order valence-corrected chi connectivity index (χ4v) is 3.60. The molecule has 0 N–H and O–H groups in total. The molecule has 0 heterocycles. The number of rotatable bonds is 18. The lowest BCUT2D eigenvalue weighted by Gasteiger charge is -2.29. The highest BCUT2D eigenvalue weighted by molar-refractivity contribution is 5.93. The summed E-state index contributed by atoms with van der Waals surface area (Å²) >= 11 is 0. The number of carbonyl (C=O) groups is 4. The molecule has 218 valence electrons. The summed E-state index contributed by atoms with van der Waals surface area (Å²) < 4.78 is 21.2. The lowest BCUT2D eigenvalue weighted by molar-refractivity contribution is -0.757. The zero-order valence-electron chi connectivity index (χ0n) is 23.3. The second-order valence-corrected chi connectivity index (χ2v) is 10.2. The summed E-state index contributed by atoms with van der Waals surface area (Å²) in [7, 11) is 0. The van der Waals surface area contributed by atoms with Crippen molar-refractivity contribution in [1.29, 1.82) is 0 Å². The van der Waals surface area contributed by atoms with Crippen LogP contribution in [0.15, 0.2) is 24.3 Å². The smallest absolute Gasteiger partial charge is 0.341 e. The number of ether oxygens (including phenoxy) is 4. The quantitative estimate of drug-likeness (QED) is 0.0617. The topological polar surface area (TPSA) is 158 Å². The van der Waals surface area contributed by atoms with Crippen molar-refractivity contribution in [3.8, 4) is 5.75 Å². The Bertz CT molecular complexity index is 988. The maximum absolute atomic E-state index is 12.4. The van der Waals surface area contributed by atoms with Crippen molar-refractivity contribution < 1.29 is 48.0 Å². The second kappa shape index (κ2) is 16.3. The molecule has 0 saturated heterocycles. The Labute approximate surface area is 228 Å². The van der Waals surface area contributed by atoms with E-state index in [0.29, 0.717) is 38.5 Å². The summed E-state index contributed by atoms with van der Waals surface area (Å²) in [5.74, 6) is -1.98. The summed E-state index contributed by atoms with van der Waals surface area (Å²) in [6.07, 6.45) is 3.18. The molecule has 0 saturated carbocycles. The third kappa shape index (κ3) is 15.3. The van der Waals surface area contributed by atoms with E-state index in [1.54, 1.807) is 39.8 Å². The summed E-state index contributed by atoms with van der Waals surface area (Å²) in [6, 6.07) is 6.29. The monoisotopic (exact) mass is 553 g/mol. The Kier molecular flexibility index (Phi) is 13.9. The predicted molar refractivity (Wildman–Crippen MR) is 138 cm³/mol. The minimum atomic E-state index is -1.06. The van der Waals surface area contributed by atoms with E-state index in [-0.39, 0.29) is 37.4 Å². The Morgan fingerprint density at radius 3 is 2.15 bits per heavy atom. The largest absolute Gasteiger partial charge is 0.462 e. The molecular formula is C27H39NO11. The maximum atomic E-state index is 12.4. The molecule has 0 aromatic heterocycles. The lowest BCUT2D eigenvalue weighted by atomic mass is 10.0. The third-order valence-electron chi connectivity index (χ3n) is 5.34. The van der Waals surface area contributed by atoms with Crippen LogP contribution in [-0.2, 0) is 33.4 Å². The Morgan fingerprint density at radius 1 is 0.846 bits per heavy atom. The van der Waals surface area contributed by atoms with Gasteiger partial charge in [-0.2, -0.15) is 0 Å². The van der Waals surface area contributed by atoms with Gasteiger partial charge in [-0.3, -0.25) is 14.4 Å². The predicted octanol–water partition coefficient (Wildman–Crippen LogP) is 4.74. The summed E-state index contributed by atoms with van der Waals surface area (Å²) in [4.78, 5) is 62.5. The molecule has 1 aromatic carbocycles. The van der Waals surface area contributed by atoms with Crippen LogP contribution in [0.4, 0.5) is 0 Å². The third-order valence-corrected chi connectivity index (χ3v) is 5.34. The molecule has 0 radical (unpaired) electrons. The SMILES string of the molecule is CC(=O)Oc1ccccc1C(=O)OCCCCCC(=O)OC(C)(C)CC(=O)OC(C)(C)CCCCO[N+](=O)[O-]. The van der Waals surface area contributed by atoms with E-state index < -0.39 is 40.2 Å². The van der Waals surface area contributed by atoms with E-state index in [9.17, 15) is 29.3 Å². The van der Waals surface area contributed by atoms with E-state index in [2.05, 4.69) is 4.84 Å². The van der Waals surface area contributed by atoms with Crippen molar-refractivity contribution in [2.75, 3.05) is 13.2 Å². The molecule has 0 aliphatic heterocycles. The fourth-order valence-electron chi connectivity index (χ4n) is 3.60. The molecule has 0 amide bonds. The van der Waals surface area contributed by atoms with Crippen LogP contribution in [0.5, 0.6) is 5.75 Å². The van der Waals surface area contributed by atoms with Crippen LogP contribution in [0, 0.1) is 10.1 Å². The van der Waals surface area contributed by atoms with Gasteiger partial charge in [-0.05, 0) is 78.4 Å². The minimum Gasteiger partial charge on any atom is -0.462 e. The van der Waals surface area contributed by atoms with Crippen LogP contribution in [0.2, 0.25) is 0 Å². The van der Waals surface area contributed by atoms with Crippen molar-refractivity contribution in [3.63, 3.8) is 0 Å². The molecule has 0 unspecified atom stereocenters. The molecule has 1 aromatic rings. The second-order valence-electron chi connectivity index (χ2n) is 10.2. The van der Waals surface area contributed by atoms with Gasteiger partial charge < -0.3 is 23.8 Å². The Morgan fingerprint density at radius 2 is 1.49 bits per heavy atom. The lowest BCUT2D eigenvalue weighted by Crippen LogP contribution is -2.35. The van der Waals surface area contributed by atoms with Crippen molar-refractivity contribution in [1.82, 2.24) is 0 Å². The first-order chi connectivity index (χ1) is 18.2. The summed E-state index contributed by atoms with van der Waals surface area (Å²) in [5, 5.41) is 9.32. The average Bonchev–Trinajstić information content (AvgIpc) is 2.79. The van der Waals surface area contributed by atoms with Crippen LogP contribution in [0.25, 0.3) is 0 Å². The Hall–Kier alpha value is -3.70. The Balaban J connectivity index is 2.29. The highest BCUT2D eigenvalue weighted by atomic mass is 16.9. The van der Waals surface area contributed by atoms with Gasteiger partial charge in [-0.25, -0.2) is 4.79 Å². The van der Waals surface area contributed by atoms with Crippen LogP contribution < -0.4 is 4.74 Å². The minimum absolute atomic E-state index is 0.0165. The molecule has 12 nitrogen and oxygen atoms in total. The molecule has 0 fully saturated rings. The molecule has 0 aliphatic rings. The number of unbranched alkanes of at least 4 members (excludes halogenated alkanes) is 3. The first kappa shape index (κ1) is 33.3. The van der Waals surface area contributed by atoms with Crippen molar-refractivity contribution in [2.45, 2.75) is 97.2 Å². The maximum Gasteiger partial charge on any atom is 0.341 e. The van der Waals surface area contributed by atoms with E-state index in [1.807, 2.05) is 0 Å². The number of benzene rings is 1. The van der Waals surface area contributed by atoms with Crippen LogP contribution in [-0.4, -0.2) is 53.4 Å². The molecule has 0 bridgehead atoms. The number of nitrogens with zero attached hydrogens (tertiary/aromatic N) is 1. The van der Waals surface area contributed by atoms with Crippen LogP contribution >= 0.6 is 0 Å². The van der Waals surface area contributed by atoms with E-state index in [4.69, 9.17) is 18.9 Å². The molecule has 0 aliphatic carbocycles. The molecule has 0 atom stereocenters. The zero-order chi connectivity index (χ0) is 29.5. The van der Waals surface area contributed by atoms with Crippen molar-refractivity contribution in [3.05, 3.63) is 39.9 Å². The highest BCUT2D eigenvalue weighted by Crippen LogP contribution is 2.23. The number of para-hydroxylation sites is 1. The van der Waals surface area contributed by atoms with Crippen molar-refractivity contribution >= 4 is 23.9 Å². The van der Waals surface area contributed by atoms with Gasteiger partial charge in [0.05, 0.1) is 19.6 Å². The standard InChI is InChI=1S/C27H39NO11/c1-20(29)37-22-14-9-8-13-21(22)25(32)35-17-11-6-7-15-23(30)38-27(4,5)19-24(31)39-26(2,3)16-10-12-18-36-28(33)34/h8-9,13-14H,6-7,10-12,15-19H2,1-5H3. The normalized spacial score (nSPS) is 11.3. The fraction of sp³-hybridized carbons (Fsp3) is 0.630. The van der Waals surface area contributed by atoms with Gasteiger partial charge >= 0.3 is 23.9 Å². The van der Waals surface area contributed by atoms with Gasteiger partial charge in [0.15, 0.2) is 0 Å². The number of hydrogen-bond acceptors (Lipinski definition) is 11. The molecule has 39 heavy (non-hydrogen) atoms. The van der Waals surface area contributed by atoms with Gasteiger partial charge in [0.1, 0.15) is 22.5 Å². The van der Waals surface area contributed by atoms with Crippen LogP contribution in [0.3, 0.4) is 0 Å². The molecule has 1 rings (SSSR count).